The molecule has 5 heteroatoms. The van der Waals surface area contributed by atoms with Crippen molar-refractivity contribution >= 4 is 28.7 Å². The fraction of sp³-hybridized carbons (Fsp3) is 0.0714. The van der Waals surface area contributed by atoms with Crippen LogP contribution in [0.1, 0.15) is 0 Å². The lowest BCUT2D eigenvalue weighted by Gasteiger charge is -2.20. The van der Waals surface area contributed by atoms with E-state index in [1.807, 2.05) is 30.3 Å². The van der Waals surface area contributed by atoms with Crippen LogP contribution in [-0.2, 0) is 4.79 Å². The Balaban J connectivity index is 1.94. The first-order valence-electron chi connectivity index (χ1n) is 5.90. The molecular weight excluding hydrogens is 242 g/mol. The number of nitrogen functional groups attached to an aromatic ring is 1. The van der Waals surface area contributed by atoms with E-state index in [1.165, 1.54) is 0 Å². The highest BCUT2D eigenvalue weighted by molar-refractivity contribution is 5.97. The van der Waals surface area contributed by atoms with Gasteiger partial charge < -0.3 is 21.1 Å². The number of anilines is 4. The van der Waals surface area contributed by atoms with Crippen molar-refractivity contribution < 1.29 is 9.53 Å². The minimum atomic E-state index is -0.164. The zero-order valence-corrected chi connectivity index (χ0v) is 10.1. The summed E-state index contributed by atoms with van der Waals surface area (Å²) < 4.78 is 5.30. The molecule has 0 saturated carbocycles. The molecule has 3 rings (SSSR count). The monoisotopic (exact) mass is 255 g/mol. The van der Waals surface area contributed by atoms with Gasteiger partial charge in [0.05, 0.1) is 17.1 Å². The maximum absolute atomic E-state index is 11.3. The van der Waals surface area contributed by atoms with E-state index in [9.17, 15) is 4.79 Å². The molecule has 0 spiro atoms. The lowest BCUT2D eigenvalue weighted by molar-refractivity contribution is -0.118. The second-order valence-electron chi connectivity index (χ2n) is 4.26. The largest absolute Gasteiger partial charge is 0.482 e. The molecule has 4 N–H and O–H groups in total. The van der Waals surface area contributed by atoms with Gasteiger partial charge in [-0.1, -0.05) is 18.2 Å². The van der Waals surface area contributed by atoms with Crippen molar-refractivity contribution in [3.8, 4) is 5.75 Å². The van der Waals surface area contributed by atoms with E-state index in [0.29, 0.717) is 17.1 Å². The molecule has 2 aromatic rings. The van der Waals surface area contributed by atoms with Crippen molar-refractivity contribution in [2.24, 2.45) is 0 Å². The van der Waals surface area contributed by atoms with Crippen LogP contribution < -0.4 is 21.1 Å². The Morgan fingerprint density at radius 1 is 1.21 bits per heavy atom. The highest BCUT2D eigenvalue weighted by Crippen LogP contribution is 2.36. The molecule has 0 radical (unpaired) electrons. The molecule has 19 heavy (non-hydrogen) atoms. The smallest absolute Gasteiger partial charge is 0.262 e. The van der Waals surface area contributed by atoms with Crippen molar-refractivity contribution in [3.63, 3.8) is 0 Å². The van der Waals surface area contributed by atoms with Crippen molar-refractivity contribution in [2.45, 2.75) is 0 Å². The average Bonchev–Trinajstić information content (AvgIpc) is 2.41. The highest BCUT2D eigenvalue weighted by atomic mass is 16.5. The summed E-state index contributed by atoms with van der Waals surface area (Å²) in [6.45, 7) is 0.0257. The van der Waals surface area contributed by atoms with E-state index in [-0.39, 0.29) is 12.5 Å². The molecule has 1 amide bonds. The maximum Gasteiger partial charge on any atom is 0.262 e. The number of hydrogen-bond donors (Lipinski definition) is 3. The van der Waals surface area contributed by atoms with Gasteiger partial charge in [-0.2, -0.15) is 0 Å². The van der Waals surface area contributed by atoms with E-state index in [0.717, 1.165) is 11.4 Å². The summed E-state index contributed by atoms with van der Waals surface area (Å²) in [5, 5.41) is 5.96. The van der Waals surface area contributed by atoms with Crippen LogP contribution >= 0.6 is 0 Å². The number of amides is 1. The van der Waals surface area contributed by atoms with Gasteiger partial charge in [0.1, 0.15) is 5.75 Å². The zero-order valence-electron chi connectivity index (χ0n) is 10.1. The van der Waals surface area contributed by atoms with Gasteiger partial charge in [0.2, 0.25) is 0 Å². The third-order valence-corrected chi connectivity index (χ3v) is 2.84. The van der Waals surface area contributed by atoms with Crippen molar-refractivity contribution in [1.82, 2.24) is 0 Å². The summed E-state index contributed by atoms with van der Waals surface area (Å²) in [5.41, 5.74) is 8.83. The van der Waals surface area contributed by atoms with Crippen LogP contribution in [0.3, 0.4) is 0 Å². The molecule has 2 aromatic carbocycles. The van der Waals surface area contributed by atoms with Gasteiger partial charge in [-0.15, -0.1) is 0 Å². The number of nitrogens with one attached hydrogen (secondary N) is 2. The van der Waals surface area contributed by atoms with E-state index in [2.05, 4.69) is 10.6 Å². The van der Waals surface area contributed by atoms with Crippen LogP contribution in [0.4, 0.5) is 22.7 Å². The molecule has 0 fully saturated rings. The van der Waals surface area contributed by atoms with E-state index in [4.69, 9.17) is 10.5 Å². The first kappa shape index (κ1) is 11.4. The molecule has 96 valence electrons. The molecular formula is C14H13N3O2. The third-order valence-electron chi connectivity index (χ3n) is 2.84. The summed E-state index contributed by atoms with van der Waals surface area (Å²) in [6, 6.07) is 13.2. The Labute approximate surface area is 110 Å². The van der Waals surface area contributed by atoms with E-state index >= 15 is 0 Å². The Morgan fingerprint density at radius 3 is 2.79 bits per heavy atom. The number of hydrogen-bond acceptors (Lipinski definition) is 4. The van der Waals surface area contributed by atoms with Crippen LogP contribution in [-0.4, -0.2) is 12.5 Å². The summed E-state index contributed by atoms with van der Waals surface area (Å²) in [4.78, 5) is 11.3. The van der Waals surface area contributed by atoms with Gasteiger partial charge in [0, 0.05) is 11.8 Å². The lowest BCUT2D eigenvalue weighted by Crippen LogP contribution is -2.25. The standard InChI is InChI=1S/C14H13N3O2/c15-10-6-13-12(17-14(18)8-19-13)7-11(10)16-9-4-2-1-3-5-9/h1-7,16H,8,15H2,(H,17,18). The quantitative estimate of drug-likeness (QED) is 0.720. The number of carbonyl (C=O) groups is 1. The number of fused-ring (bicyclic) bond motifs is 1. The van der Waals surface area contributed by atoms with Gasteiger partial charge in [0.25, 0.3) is 5.91 Å². The molecule has 0 atom stereocenters. The number of rotatable bonds is 2. The van der Waals surface area contributed by atoms with Crippen LogP contribution in [0, 0.1) is 0 Å². The van der Waals surface area contributed by atoms with Gasteiger partial charge in [-0.25, -0.2) is 0 Å². The molecule has 0 bridgehead atoms. The Kier molecular flexibility index (Phi) is 2.72. The summed E-state index contributed by atoms with van der Waals surface area (Å²) in [5.74, 6) is 0.429. The molecule has 0 unspecified atom stereocenters. The first-order valence-corrected chi connectivity index (χ1v) is 5.90. The van der Waals surface area contributed by atoms with E-state index < -0.39 is 0 Å². The zero-order chi connectivity index (χ0) is 13.2. The van der Waals surface area contributed by atoms with Gasteiger partial charge in [-0.3, -0.25) is 4.79 Å². The second kappa shape index (κ2) is 4.53. The number of benzene rings is 2. The van der Waals surface area contributed by atoms with Crippen LogP contribution in [0.15, 0.2) is 42.5 Å². The Bertz CT molecular complexity index is 626. The normalized spacial score (nSPS) is 13.2. The second-order valence-corrected chi connectivity index (χ2v) is 4.26. The number of nitrogens with two attached hydrogens (primary N) is 1. The third kappa shape index (κ3) is 2.30. The molecule has 0 aromatic heterocycles. The lowest BCUT2D eigenvalue weighted by atomic mass is 10.2. The molecule has 1 aliphatic rings. The highest BCUT2D eigenvalue weighted by Gasteiger charge is 2.17. The minimum Gasteiger partial charge on any atom is -0.482 e. The summed E-state index contributed by atoms with van der Waals surface area (Å²) >= 11 is 0. The first-order chi connectivity index (χ1) is 9.22. The summed E-state index contributed by atoms with van der Waals surface area (Å²) in [7, 11) is 0. The van der Waals surface area contributed by atoms with Crippen LogP contribution in [0.25, 0.3) is 0 Å². The minimum absolute atomic E-state index is 0.0257. The SMILES string of the molecule is Nc1cc2c(cc1Nc1ccccc1)NC(=O)CO2. The Morgan fingerprint density at radius 2 is 2.00 bits per heavy atom. The molecule has 0 saturated heterocycles. The topological polar surface area (TPSA) is 76.4 Å². The molecule has 1 aliphatic heterocycles. The van der Waals surface area contributed by atoms with Crippen molar-refractivity contribution in [3.05, 3.63) is 42.5 Å². The van der Waals surface area contributed by atoms with E-state index in [1.54, 1.807) is 12.1 Å². The predicted octanol–water partition coefficient (Wildman–Crippen LogP) is 2.34. The Hall–Kier alpha value is -2.69. The van der Waals surface area contributed by atoms with Gasteiger partial charge >= 0.3 is 0 Å². The average molecular weight is 255 g/mol. The molecule has 1 heterocycles. The fourth-order valence-corrected chi connectivity index (χ4v) is 1.93. The van der Waals surface area contributed by atoms with Crippen molar-refractivity contribution in [1.29, 1.82) is 0 Å². The van der Waals surface area contributed by atoms with Gasteiger partial charge in [-0.05, 0) is 18.2 Å². The van der Waals surface area contributed by atoms with Crippen molar-refractivity contribution in [2.75, 3.05) is 23.0 Å². The maximum atomic E-state index is 11.3. The predicted molar refractivity (Wildman–Crippen MR) is 74.7 cm³/mol. The number of carbonyl (C=O) groups excluding carboxylic acids is 1. The van der Waals surface area contributed by atoms with Crippen LogP contribution in [0.5, 0.6) is 5.75 Å². The number of ether oxygens (including phenoxy) is 1. The van der Waals surface area contributed by atoms with Gasteiger partial charge in [0.15, 0.2) is 6.61 Å². The number of para-hydroxylation sites is 1. The summed E-state index contributed by atoms with van der Waals surface area (Å²) in [6.07, 6.45) is 0. The van der Waals surface area contributed by atoms with Crippen LogP contribution in [0.2, 0.25) is 0 Å². The molecule has 0 aliphatic carbocycles. The fourth-order valence-electron chi connectivity index (χ4n) is 1.93. The molecule has 5 nitrogen and oxygen atoms in total.